The van der Waals surface area contributed by atoms with Crippen LogP contribution in [0.2, 0.25) is 0 Å². The van der Waals surface area contributed by atoms with Crippen molar-refractivity contribution in [3.05, 3.63) is 0 Å². The van der Waals surface area contributed by atoms with Gasteiger partial charge in [-0.1, -0.05) is 13.8 Å². The molecule has 1 aliphatic heterocycles. The van der Waals surface area contributed by atoms with E-state index < -0.39 is 36.4 Å². The number of carbonyl (C=O) groups is 4. The van der Waals surface area contributed by atoms with E-state index in [0.717, 1.165) is 19.4 Å². The molecule has 154 valence electrons. The van der Waals surface area contributed by atoms with Gasteiger partial charge in [0, 0.05) is 0 Å². The van der Waals surface area contributed by atoms with E-state index in [1.807, 2.05) is 6.26 Å². The van der Waals surface area contributed by atoms with Crippen molar-refractivity contribution >= 4 is 35.5 Å². The first-order chi connectivity index (χ1) is 12.8. The van der Waals surface area contributed by atoms with Gasteiger partial charge in [0.2, 0.25) is 17.7 Å². The summed E-state index contributed by atoms with van der Waals surface area (Å²) in [4.78, 5) is 47.9. The van der Waals surface area contributed by atoms with Gasteiger partial charge in [-0.25, -0.2) is 0 Å². The second kappa shape index (κ2) is 11.8. The minimum atomic E-state index is -1.16. The topological polar surface area (TPSA) is 137 Å². The lowest BCUT2D eigenvalue weighted by molar-refractivity contribution is -0.139. The Labute approximate surface area is 163 Å². The summed E-state index contributed by atoms with van der Waals surface area (Å²) >= 11 is 1.56. The van der Waals surface area contributed by atoms with Gasteiger partial charge in [0.1, 0.15) is 18.6 Å². The lowest BCUT2D eigenvalue weighted by Gasteiger charge is -2.25. The van der Waals surface area contributed by atoms with Crippen LogP contribution < -0.4 is 21.3 Å². The number of aliphatic carboxylic acids is 1. The fourth-order valence-corrected chi connectivity index (χ4v) is 3.22. The summed E-state index contributed by atoms with van der Waals surface area (Å²) < 4.78 is 0. The molecule has 1 rings (SSSR count). The molecule has 9 nitrogen and oxygen atoms in total. The predicted octanol–water partition coefficient (Wildman–Crippen LogP) is -0.682. The standard InChI is InChI=1S/C17H30N4O5S/c1-10(2)14(17(26)19-9-13(22)23)21-16(25)12(6-8-27-3)20-15(24)11-5-4-7-18-11/h10-12,14,18H,4-9H2,1-3H3,(H,19,26)(H,20,24)(H,21,25)(H,22,23). The highest BCUT2D eigenvalue weighted by molar-refractivity contribution is 7.98. The SMILES string of the molecule is CSCCC(NC(=O)C1CCCN1)C(=O)NC(C(=O)NCC(=O)O)C(C)C. The third kappa shape index (κ3) is 8.17. The molecule has 0 aromatic rings. The van der Waals surface area contributed by atoms with E-state index in [0.29, 0.717) is 12.2 Å². The van der Waals surface area contributed by atoms with E-state index in [9.17, 15) is 19.2 Å². The molecule has 0 aliphatic carbocycles. The van der Waals surface area contributed by atoms with Crippen molar-refractivity contribution in [2.24, 2.45) is 5.92 Å². The lowest BCUT2D eigenvalue weighted by Crippen LogP contribution is -2.57. The molecule has 0 spiro atoms. The summed E-state index contributed by atoms with van der Waals surface area (Å²) in [6.07, 6.45) is 3.99. The van der Waals surface area contributed by atoms with E-state index in [-0.39, 0.29) is 17.9 Å². The predicted molar refractivity (Wildman–Crippen MR) is 103 cm³/mol. The molecule has 1 fully saturated rings. The zero-order valence-electron chi connectivity index (χ0n) is 16.0. The van der Waals surface area contributed by atoms with Crippen molar-refractivity contribution < 1.29 is 24.3 Å². The van der Waals surface area contributed by atoms with Gasteiger partial charge in [-0.15, -0.1) is 0 Å². The first-order valence-electron chi connectivity index (χ1n) is 9.08. The largest absolute Gasteiger partial charge is 0.480 e. The second-order valence-electron chi connectivity index (χ2n) is 6.83. The summed E-state index contributed by atoms with van der Waals surface area (Å²) in [7, 11) is 0. The highest BCUT2D eigenvalue weighted by atomic mass is 32.2. The molecular formula is C17H30N4O5S. The molecule has 0 radical (unpaired) electrons. The normalized spacial score (nSPS) is 18.6. The van der Waals surface area contributed by atoms with E-state index in [1.165, 1.54) is 0 Å². The molecule has 3 amide bonds. The number of hydrogen-bond acceptors (Lipinski definition) is 6. The van der Waals surface area contributed by atoms with Crippen LogP contribution in [0.4, 0.5) is 0 Å². The fraction of sp³-hybridized carbons (Fsp3) is 0.765. The molecule has 27 heavy (non-hydrogen) atoms. The molecular weight excluding hydrogens is 372 g/mol. The molecule has 1 saturated heterocycles. The minimum absolute atomic E-state index is 0.217. The van der Waals surface area contributed by atoms with E-state index in [1.54, 1.807) is 25.6 Å². The van der Waals surface area contributed by atoms with Crippen LogP contribution in [0.15, 0.2) is 0 Å². The highest BCUT2D eigenvalue weighted by Crippen LogP contribution is 2.08. The smallest absolute Gasteiger partial charge is 0.322 e. The van der Waals surface area contributed by atoms with Gasteiger partial charge in [0.15, 0.2) is 0 Å². The molecule has 3 unspecified atom stereocenters. The number of amides is 3. The molecule has 5 N–H and O–H groups in total. The van der Waals surface area contributed by atoms with Gasteiger partial charge < -0.3 is 26.4 Å². The zero-order chi connectivity index (χ0) is 20.4. The average Bonchev–Trinajstić information content (AvgIpc) is 3.15. The third-order valence-electron chi connectivity index (χ3n) is 4.28. The number of carboxylic acids is 1. The van der Waals surface area contributed by atoms with Gasteiger partial charge in [-0.05, 0) is 43.7 Å². The van der Waals surface area contributed by atoms with Crippen molar-refractivity contribution in [3.8, 4) is 0 Å². The summed E-state index contributed by atoms with van der Waals surface area (Å²) in [5, 5.41) is 19.5. The van der Waals surface area contributed by atoms with Crippen molar-refractivity contribution in [3.63, 3.8) is 0 Å². The molecule has 0 aromatic carbocycles. The Balaban J connectivity index is 2.74. The minimum Gasteiger partial charge on any atom is -0.480 e. The number of carboxylic acid groups (broad SMARTS) is 1. The van der Waals surface area contributed by atoms with Crippen LogP contribution in [0.3, 0.4) is 0 Å². The van der Waals surface area contributed by atoms with Crippen molar-refractivity contribution in [2.75, 3.05) is 25.1 Å². The van der Waals surface area contributed by atoms with Gasteiger partial charge in [0.05, 0.1) is 6.04 Å². The van der Waals surface area contributed by atoms with Gasteiger partial charge in [-0.3, -0.25) is 19.2 Å². The lowest BCUT2D eigenvalue weighted by atomic mass is 10.0. The maximum absolute atomic E-state index is 12.7. The number of nitrogens with one attached hydrogen (secondary N) is 4. The van der Waals surface area contributed by atoms with Crippen LogP contribution in [0.5, 0.6) is 0 Å². The number of thioether (sulfide) groups is 1. The van der Waals surface area contributed by atoms with Crippen LogP contribution >= 0.6 is 11.8 Å². The number of carbonyl (C=O) groups excluding carboxylic acids is 3. The van der Waals surface area contributed by atoms with Gasteiger partial charge in [-0.2, -0.15) is 11.8 Å². The molecule has 0 bridgehead atoms. The fourth-order valence-electron chi connectivity index (χ4n) is 2.75. The Morgan fingerprint density at radius 1 is 1.19 bits per heavy atom. The van der Waals surface area contributed by atoms with E-state index in [2.05, 4.69) is 21.3 Å². The Morgan fingerprint density at radius 3 is 2.41 bits per heavy atom. The average molecular weight is 403 g/mol. The quantitative estimate of drug-likeness (QED) is 0.309. The van der Waals surface area contributed by atoms with E-state index in [4.69, 9.17) is 5.11 Å². The third-order valence-corrected chi connectivity index (χ3v) is 4.93. The van der Waals surface area contributed by atoms with Crippen molar-refractivity contribution in [1.29, 1.82) is 0 Å². The van der Waals surface area contributed by atoms with Crippen LogP contribution in [0.1, 0.15) is 33.1 Å². The monoisotopic (exact) mass is 402 g/mol. The van der Waals surface area contributed by atoms with Crippen molar-refractivity contribution in [1.82, 2.24) is 21.3 Å². The second-order valence-corrected chi connectivity index (χ2v) is 7.82. The Bertz CT molecular complexity index is 537. The Kier molecular flexibility index (Phi) is 10.2. The summed E-state index contributed by atoms with van der Waals surface area (Å²) in [6, 6.07) is -1.93. The maximum Gasteiger partial charge on any atom is 0.322 e. The van der Waals surface area contributed by atoms with Crippen LogP contribution in [-0.2, 0) is 19.2 Å². The van der Waals surface area contributed by atoms with Gasteiger partial charge >= 0.3 is 5.97 Å². The van der Waals surface area contributed by atoms with Gasteiger partial charge in [0.25, 0.3) is 0 Å². The molecule has 3 atom stereocenters. The zero-order valence-corrected chi connectivity index (χ0v) is 16.9. The summed E-state index contributed by atoms with van der Waals surface area (Å²) in [6.45, 7) is 3.77. The van der Waals surface area contributed by atoms with Crippen LogP contribution in [-0.4, -0.2) is 72.0 Å². The number of rotatable bonds is 11. The number of hydrogen-bond donors (Lipinski definition) is 5. The van der Waals surface area contributed by atoms with E-state index >= 15 is 0 Å². The highest BCUT2D eigenvalue weighted by Gasteiger charge is 2.30. The first kappa shape index (κ1) is 23.2. The Hall–Kier alpha value is -1.81. The molecule has 10 heteroatoms. The molecule has 0 aromatic heterocycles. The maximum atomic E-state index is 12.7. The van der Waals surface area contributed by atoms with Crippen LogP contribution in [0.25, 0.3) is 0 Å². The molecule has 1 heterocycles. The van der Waals surface area contributed by atoms with Crippen LogP contribution in [0, 0.1) is 5.92 Å². The first-order valence-corrected chi connectivity index (χ1v) is 10.5. The van der Waals surface area contributed by atoms with Crippen molar-refractivity contribution in [2.45, 2.75) is 51.2 Å². The Morgan fingerprint density at radius 2 is 1.89 bits per heavy atom. The summed E-state index contributed by atoms with van der Waals surface area (Å²) in [5.41, 5.74) is 0. The summed E-state index contributed by atoms with van der Waals surface area (Å²) in [5.74, 6) is -1.95. The molecule has 0 saturated carbocycles. The molecule has 1 aliphatic rings.